The van der Waals surface area contributed by atoms with Gasteiger partial charge in [0.25, 0.3) is 5.56 Å². The summed E-state index contributed by atoms with van der Waals surface area (Å²) in [5.74, 6) is -0.684. The van der Waals surface area contributed by atoms with Crippen LogP contribution in [0.4, 0.5) is 0 Å². The van der Waals surface area contributed by atoms with Crippen molar-refractivity contribution in [3.05, 3.63) is 101 Å². The molecule has 144 valence electrons. The number of hydrogen-bond donors (Lipinski definition) is 1. The van der Waals surface area contributed by atoms with Gasteiger partial charge >= 0.3 is 0 Å². The van der Waals surface area contributed by atoms with E-state index in [2.05, 4.69) is 4.98 Å². The molecule has 0 saturated carbocycles. The summed E-state index contributed by atoms with van der Waals surface area (Å²) in [7, 11) is -4.28. The Labute approximate surface area is 167 Å². The molecule has 1 N–H and O–H groups in total. The molecule has 0 fully saturated rings. The zero-order valence-corrected chi connectivity index (χ0v) is 16.0. The van der Waals surface area contributed by atoms with Crippen LogP contribution in [0.2, 0.25) is 0 Å². The van der Waals surface area contributed by atoms with E-state index in [1.165, 1.54) is 16.7 Å². The number of rotatable bonds is 4. The maximum absolute atomic E-state index is 13.4. The lowest BCUT2D eigenvalue weighted by Crippen LogP contribution is -2.27. The van der Waals surface area contributed by atoms with E-state index >= 15 is 0 Å². The Kier molecular flexibility index (Phi) is 4.74. The van der Waals surface area contributed by atoms with E-state index in [-0.39, 0.29) is 10.7 Å². The highest BCUT2D eigenvalue weighted by molar-refractivity contribution is 7.91. The van der Waals surface area contributed by atoms with Gasteiger partial charge in [0.15, 0.2) is 10.7 Å². The zero-order chi connectivity index (χ0) is 20.4. The number of nitrogens with zero attached hydrogens (tertiary/aromatic N) is 2. The summed E-state index contributed by atoms with van der Waals surface area (Å²) in [6, 6.07) is 24.9. The molecule has 0 atom stereocenters. The second-order valence-electron chi connectivity index (χ2n) is 6.25. The molecule has 0 amide bonds. The number of para-hydroxylation sites is 1. The fourth-order valence-electron chi connectivity index (χ4n) is 3.04. The minimum atomic E-state index is -4.28. The fraction of sp³-hybridized carbons (Fsp3) is 0. The summed E-state index contributed by atoms with van der Waals surface area (Å²) in [5.41, 5.74) is 0.132. The average molecular weight is 404 g/mol. The van der Waals surface area contributed by atoms with Crippen molar-refractivity contribution in [1.82, 2.24) is 9.55 Å². The van der Waals surface area contributed by atoms with Crippen LogP contribution < -0.4 is 5.56 Å². The summed E-state index contributed by atoms with van der Waals surface area (Å²) in [6.07, 6.45) is 0. The molecule has 0 bridgehead atoms. The molecule has 29 heavy (non-hydrogen) atoms. The summed E-state index contributed by atoms with van der Waals surface area (Å²) >= 11 is 0. The molecule has 1 heterocycles. The molecule has 4 rings (SSSR count). The summed E-state index contributed by atoms with van der Waals surface area (Å²) < 4.78 is 27.4. The maximum Gasteiger partial charge on any atom is 0.281 e. The van der Waals surface area contributed by atoms with Crippen LogP contribution >= 0.6 is 0 Å². The Bertz CT molecular complexity index is 1320. The number of benzene rings is 3. The Balaban J connectivity index is 2.08. The van der Waals surface area contributed by atoms with Crippen molar-refractivity contribution in [3.63, 3.8) is 0 Å². The molecular weight excluding hydrogens is 388 g/mol. The minimum Gasteiger partial charge on any atom is -0.492 e. The number of aromatic nitrogens is 2. The van der Waals surface area contributed by atoms with Crippen LogP contribution in [-0.2, 0) is 9.84 Å². The van der Waals surface area contributed by atoms with Crippen LogP contribution in [0.5, 0.6) is 5.88 Å². The van der Waals surface area contributed by atoms with Crippen molar-refractivity contribution in [1.29, 1.82) is 0 Å². The first-order valence-corrected chi connectivity index (χ1v) is 10.3. The van der Waals surface area contributed by atoms with Crippen LogP contribution in [0.1, 0.15) is 0 Å². The van der Waals surface area contributed by atoms with Crippen LogP contribution in [0.3, 0.4) is 0 Å². The first kappa shape index (κ1) is 18.6. The standard InChI is InChI=1S/C22H16N2O4S/c25-21-19(29(27,28)18-14-8-3-9-15-18)22(26)24(17-12-6-2-7-13-17)20(23-21)16-10-4-1-5-11-16/h1-15,25H. The molecular formula is C22H16N2O4S. The molecule has 3 aromatic carbocycles. The summed E-state index contributed by atoms with van der Waals surface area (Å²) in [6.45, 7) is 0. The molecule has 4 aromatic rings. The number of aromatic hydroxyl groups is 1. The molecule has 0 saturated heterocycles. The third-order valence-corrected chi connectivity index (χ3v) is 6.18. The van der Waals surface area contributed by atoms with Gasteiger partial charge in [-0.15, -0.1) is 0 Å². The van der Waals surface area contributed by atoms with Crippen LogP contribution in [0.15, 0.2) is 106 Å². The van der Waals surface area contributed by atoms with Crippen molar-refractivity contribution in [2.24, 2.45) is 0 Å². The molecule has 0 radical (unpaired) electrons. The molecule has 6 nitrogen and oxygen atoms in total. The first-order valence-electron chi connectivity index (χ1n) is 8.77. The van der Waals surface area contributed by atoms with Crippen molar-refractivity contribution >= 4 is 9.84 Å². The van der Waals surface area contributed by atoms with E-state index in [0.29, 0.717) is 11.3 Å². The van der Waals surface area contributed by atoms with Gasteiger partial charge in [-0.25, -0.2) is 8.42 Å². The second kappa shape index (κ2) is 7.37. The van der Waals surface area contributed by atoms with Gasteiger partial charge in [0.05, 0.1) is 10.6 Å². The van der Waals surface area contributed by atoms with Crippen molar-refractivity contribution in [2.45, 2.75) is 9.79 Å². The number of hydrogen-bond acceptors (Lipinski definition) is 5. The maximum atomic E-state index is 13.4. The predicted molar refractivity (Wildman–Crippen MR) is 109 cm³/mol. The smallest absolute Gasteiger partial charge is 0.281 e. The fourth-order valence-corrected chi connectivity index (χ4v) is 4.40. The SMILES string of the molecule is O=c1c(S(=O)(=O)c2ccccc2)c(O)nc(-c2ccccc2)n1-c1ccccc1. The Morgan fingerprint density at radius 2 is 1.28 bits per heavy atom. The second-order valence-corrected chi connectivity index (χ2v) is 8.13. The van der Waals surface area contributed by atoms with E-state index in [1.54, 1.807) is 72.8 Å². The molecule has 0 aliphatic carbocycles. The Morgan fingerprint density at radius 3 is 1.86 bits per heavy atom. The van der Waals surface area contributed by atoms with Gasteiger partial charge < -0.3 is 5.11 Å². The molecule has 1 aromatic heterocycles. The normalized spacial score (nSPS) is 11.3. The Hall–Kier alpha value is -3.71. The monoisotopic (exact) mass is 404 g/mol. The highest BCUT2D eigenvalue weighted by Gasteiger charge is 2.30. The molecule has 0 aliphatic rings. The molecule has 0 aliphatic heterocycles. The third kappa shape index (κ3) is 3.32. The van der Waals surface area contributed by atoms with E-state index in [1.807, 2.05) is 6.07 Å². The third-order valence-electron chi connectivity index (χ3n) is 4.39. The van der Waals surface area contributed by atoms with Gasteiger partial charge in [-0.3, -0.25) is 9.36 Å². The predicted octanol–water partition coefficient (Wildman–Crippen LogP) is 3.44. The van der Waals surface area contributed by atoms with Crippen molar-refractivity contribution in [3.8, 4) is 23.0 Å². The van der Waals surface area contributed by atoms with Crippen molar-refractivity contribution in [2.75, 3.05) is 0 Å². The highest BCUT2D eigenvalue weighted by atomic mass is 32.2. The van der Waals surface area contributed by atoms with Gasteiger partial charge in [0.2, 0.25) is 15.7 Å². The minimum absolute atomic E-state index is 0.0960. The van der Waals surface area contributed by atoms with Crippen molar-refractivity contribution < 1.29 is 13.5 Å². The van der Waals surface area contributed by atoms with Gasteiger partial charge in [0.1, 0.15) is 0 Å². The lowest BCUT2D eigenvalue weighted by atomic mass is 10.2. The number of sulfone groups is 1. The van der Waals surface area contributed by atoms with E-state index in [9.17, 15) is 18.3 Å². The average Bonchev–Trinajstić information content (AvgIpc) is 2.75. The molecule has 0 spiro atoms. The summed E-state index contributed by atoms with van der Waals surface area (Å²) in [4.78, 5) is 16.6. The van der Waals surface area contributed by atoms with Crippen LogP contribution in [0, 0.1) is 0 Å². The quantitative estimate of drug-likeness (QED) is 0.563. The van der Waals surface area contributed by atoms with Gasteiger partial charge in [-0.2, -0.15) is 4.98 Å². The topological polar surface area (TPSA) is 89.3 Å². The van der Waals surface area contributed by atoms with Gasteiger partial charge in [0, 0.05) is 5.56 Å². The lowest BCUT2D eigenvalue weighted by molar-refractivity contribution is 0.431. The van der Waals surface area contributed by atoms with E-state index < -0.39 is 26.2 Å². The van der Waals surface area contributed by atoms with Gasteiger partial charge in [-0.1, -0.05) is 66.7 Å². The van der Waals surface area contributed by atoms with Crippen LogP contribution in [0.25, 0.3) is 17.1 Å². The largest absolute Gasteiger partial charge is 0.492 e. The van der Waals surface area contributed by atoms with E-state index in [0.717, 1.165) is 0 Å². The Morgan fingerprint density at radius 1 is 0.759 bits per heavy atom. The molecule has 0 unspecified atom stereocenters. The van der Waals surface area contributed by atoms with Crippen LogP contribution in [-0.4, -0.2) is 23.1 Å². The highest BCUT2D eigenvalue weighted by Crippen LogP contribution is 2.28. The lowest BCUT2D eigenvalue weighted by Gasteiger charge is -2.15. The van der Waals surface area contributed by atoms with E-state index in [4.69, 9.17) is 0 Å². The molecule has 7 heteroatoms. The summed E-state index contributed by atoms with van der Waals surface area (Å²) in [5, 5.41) is 10.5. The van der Waals surface area contributed by atoms with Gasteiger partial charge in [-0.05, 0) is 24.3 Å². The zero-order valence-electron chi connectivity index (χ0n) is 15.1. The first-order chi connectivity index (χ1) is 14.0.